The molecule has 0 radical (unpaired) electrons. The molecule has 2 fully saturated rings. The van der Waals surface area contributed by atoms with Gasteiger partial charge in [-0.05, 0) is 38.0 Å². The zero-order valence-electron chi connectivity index (χ0n) is 14.9. The molecule has 2 aliphatic heterocycles. The van der Waals surface area contributed by atoms with Crippen molar-refractivity contribution in [1.82, 2.24) is 19.8 Å². The molecule has 1 aliphatic carbocycles. The third-order valence-electron chi connectivity index (χ3n) is 5.70. The van der Waals surface area contributed by atoms with Gasteiger partial charge in [-0.2, -0.15) is 0 Å². The van der Waals surface area contributed by atoms with E-state index in [2.05, 4.69) is 9.97 Å². The number of urea groups is 1. The van der Waals surface area contributed by atoms with E-state index in [0.29, 0.717) is 44.1 Å². The van der Waals surface area contributed by atoms with Crippen LogP contribution in [0, 0.1) is 11.8 Å². The predicted octanol–water partition coefficient (Wildman–Crippen LogP) is 0.398. The lowest BCUT2D eigenvalue weighted by Crippen LogP contribution is -2.49. The topological polar surface area (TPSA) is 112 Å². The van der Waals surface area contributed by atoms with Gasteiger partial charge in [0.2, 0.25) is 5.91 Å². The lowest BCUT2D eigenvalue weighted by molar-refractivity contribution is -0.138. The van der Waals surface area contributed by atoms with E-state index in [4.69, 9.17) is 5.73 Å². The van der Waals surface area contributed by atoms with Crippen molar-refractivity contribution >= 4 is 11.9 Å². The Hall–Kier alpha value is -2.38. The first-order valence-corrected chi connectivity index (χ1v) is 9.45. The number of carbonyl (C=O) groups excluding carboxylic acids is 2. The third-order valence-corrected chi connectivity index (χ3v) is 5.70. The van der Waals surface area contributed by atoms with Crippen LogP contribution in [0.25, 0.3) is 0 Å². The fraction of sp³-hybridized carbons (Fsp3) is 0.667. The Balaban J connectivity index is 1.48. The highest BCUT2D eigenvalue weighted by Crippen LogP contribution is 2.31. The molecule has 8 nitrogen and oxygen atoms in total. The second kappa shape index (κ2) is 6.74. The summed E-state index contributed by atoms with van der Waals surface area (Å²) in [5, 5.41) is 0. The molecule has 140 valence electrons. The van der Waals surface area contributed by atoms with E-state index in [0.717, 1.165) is 30.8 Å². The van der Waals surface area contributed by atoms with Crippen LogP contribution in [0.15, 0.2) is 4.79 Å². The Morgan fingerprint density at radius 1 is 1.19 bits per heavy atom. The fourth-order valence-corrected chi connectivity index (χ4v) is 4.01. The fourth-order valence-electron chi connectivity index (χ4n) is 4.01. The van der Waals surface area contributed by atoms with E-state index in [1.54, 1.807) is 9.80 Å². The van der Waals surface area contributed by atoms with Crippen molar-refractivity contribution in [2.75, 3.05) is 19.6 Å². The number of piperidine rings is 1. The minimum Gasteiger partial charge on any atom is -0.351 e. The van der Waals surface area contributed by atoms with E-state index in [1.165, 1.54) is 12.8 Å². The van der Waals surface area contributed by atoms with Crippen molar-refractivity contribution in [3.63, 3.8) is 0 Å². The Kier molecular flexibility index (Phi) is 4.42. The third kappa shape index (κ3) is 3.45. The van der Waals surface area contributed by atoms with Gasteiger partial charge in [0, 0.05) is 31.6 Å². The predicted molar refractivity (Wildman–Crippen MR) is 94.3 cm³/mol. The molecule has 1 atom stereocenters. The van der Waals surface area contributed by atoms with Gasteiger partial charge in [-0.25, -0.2) is 9.78 Å². The van der Waals surface area contributed by atoms with Crippen molar-refractivity contribution in [2.24, 2.45) is 17.6 Å². The molecule has 1 saturated carbocycles. The van der Waals surface area contributed by atoms with E-state index in [-0.39, 0.29) is 17.4 Å². The molecule has 1 saturated heterocycles. The molecule has 3 aliphatic rings. The monoisotopic (exact) mass is 359 g/mol. The largest absolute Gasteiger partial charge is 0.351 e. The summed E-state index contributed by atoms with van der Waals surface area (Å²) < 4.78 is 0. The van der Waals surface area contributed by atoms with Crippen LogP contribution < -0.4 is 11.3 Å². The average molecular weight is 359 g/mol. The first-order valence-electron chi connectivity index (χ1n) is 9.45. The number of primary amides is 1. The maximum absolute atomic E-state index is 12.9. The summed E-state index contributed by atoms with van der Waals surface area (Å²) in [5.74, 6) is 1.20. The van der Waals surface area contributed by atoms with Crippen molar-refractivity contribution in [3.05, 3.63) is 27.4 Å². The number of hydrogen-bond donors (Lipinski definition) is 2. The molecular weight excluding hydrogens is 334 g/mol. The summed E-state index contributed by atoms with van der Waals surface area (Å²) >= 11 is 0. The summed E-state index contributed by atoms with van der Waals surface area (Å²) in [4.78, 5) is 47.5. The van der Waals surface area contributed by atoms with E-state index >= 15 is 0 Å². The number of likely N-dealkylation sites (tertiary alicyclic amines) is 1. The zero-order chi connectivity index (χ0) is 18.3. The number of aromatic amines is 1. The SMILES string of the molecule is NC(=O)N1CCC[C@@H](C(=O)N2CCc3c(nc(CC4CC4)[nH]c3=O)C2)C1. The maximum atomic E-state index is 12.9. The Morgan fingerprint density at radius 3 is 2.73 bits per heavy atom. The molecule has 8 heteroatoms. The van der Waals surface area contributed by atoms with Gasteiger partial charge >= 0.3 is 6.03 Å². The summed E-state index contributed by atoms with van der Waals surface area (Å²) in [6.45, 7) is 1.89. The van der Waals surface area contributed by atoms with Crippen molar-refractivity contribution in [3.8, 4) is 0 Å². The highest BCUT2D eigenvalue weighted by Gasteiger charge is 2.33. The summed E-state index contributed by atoms with van der Waals surface area (Å²) in [7, 11) is 0. The molecule has 1 aromatic heterocycles. The number of H-pyrrole nitrogens is 1. The lowest BCUT2D eigenvalue weighted by Gasteiger charge is -2.35. The van der Waals surface area contributed by atoms with Crippen LogP contribution in [0.4, 0.5) is 4.79 Å². The number of fused-ring (bicyclic) bond motifs is 1. The maximum Gasteiger partial charge on any atom is 0.314 e. The highest BCUT2D eigenvalue weighted by molar-refractivity contribution is 5.80. The van der Waals surface area contributed by atoms with Crippen LogP contribution >= 0.6 is 0 Å². The second-order valence-corrected chi connectivity index (χ2v) is 7.72. The minimum absolute atomic E-state index is 0.0347. The molecule has 4 rings (SSSR count). The molecule has 3 N–H and O–H groups in total. The van der Waals surface area contributed by atoms with Gasteiger partial charge in [0.1, 0.15) is 5.82 Å². The summed E-state index contributed by atoms with van der Waals surface area (Å²) in [6, 6.07) is -0.468. The van der Waals surface area contributed by atoms with Crippen molar-refractivity contribution < 1.29 is 9.59 Å². The molecule has 3 amide bonds. The van der Waals surface area contributed by atoms with E-state index in [9.17, 15) is 14.4 Å². The smallest absolute Gasteiger partial charge is 0.314 e. The van der Waals surface area contributed by atoms with Crippen LogP contribution in [0.5, 0.6) is 0 Å². The lowest BCUT2D eigenvalue weighted by atomic mass is 9.95. The number of nitrogens with two attached hydrogens (primary N) is 1. The number of nitrogens with zero attached hydrogens (tertiary/aromatic N) is 3. The number of amides is 3. The molecule has 0 unspecified atom stereocenters. The summed E-state index contributed by atoms with van der Waals surface area (Å²) in [6.07, 6.45) is 5.29. The Labute approximate surface area is 151 Å². The average Bonchev–Trinajstić information content (AvgIpc) is 3.44. The number of hydrogen-bond acceptors (Lipinski definition) is 4. The van der Waals surface area contributed by atoms with Crippen LogP contribution in [-0.2, 0) is 24.2 Å². The number of aromatic nitrogens is 2. The first-order chi connectivity index (χ1) is 12.5. The quantitative estimate of drug-likeness (QED) is 0.813. The molecule has 0 aromatic carbocycles. The number of nitrogens with one attached hydrogen (secondary N) is 1. The van der Waals surface area contributed by atoms with Gasteiger partial charge in [0.15, 0.2) is 0 Å². The highest BCUT2D eigenvalue weighted by atomic mass is 16.2. The van der Waals surface area contributed by atoms with Crippen LogP contribution in [0.1, 0.15) is 42.8 Å². The standard InChI is InChI=1S/C18H25N5O3/c19-18(26)23-6-1-2-12(9-23)17(25)22-7-5-13-14(10-22)20-15(21-16(13)24)8-11-3-4-11/h11-12H,1-10H2,(H2,19,26)(H,20,21,24)/t12-/m1/s1. The first kappa shape index (κ1) is 17.1. The zero-order valence-corrected chi connectivity index (χ0v) is 14.9. The number of rotatable bonds is 3. The van der Waals surface area contributed by atoms with Gasteiger partial charge < -0.3 is 20.5 Å². The molecule has 0 spiro atoms. The molecular formula is C18H25N5O3. The second-order valence-electron chi connectivity index (χ2n) is 7.72. The van der Waals surface area contributed by atoms with E-state index in [1.807, 2.05) is 0 Å². The van der Waals surface area contributed by atoms with Gasteiger partial charge in [0.25, 0.3) is 5.56 Å². The molecule has 3 heterocycles. The molecule has 26 heavy (non-hydrogen) atoms. The summed E-state index contributed by atoms with van der Waals surface area (Å²) in [5.41, 5.74) is 6.74. The van der Waals surface area contributed by atoms with Crippen LogP contribution in [0.3, 0.4) is 0 Å². The molecule has 0 bridgehead atoms. The van der Waals surface area contributed by atoms with E-state index < -0.39 is 6.03 Å². The van der Waals surface area contributed by atoms with Gasteiger partial charge in [0.05, 0.1) is 18.2 Å². The molecule has 1 aromatic rings. The Bertz CT molecular complexity index is 786. The van der Waals surface area contributed by atoms with Crippen molar-refractivity contribution in [1.29, 1.82) is 0 Å². The van der Waals surface area contributed by atoms with Gasteiger partial charge in [-0.15, -0.1) is 0 Å². The normalized spacial score (nSPS) is 22.8. The van der Waals surface area contributed by atoms with Crippen LogP contribution in [-0.4, -0.2) is 51.3 Å². The van der Waals surface area contributed by atoms with Crippen LogP contribution in [0.2, 0.25) is 0 Å². The van der Waals surface area contributed by atoms with Gasteiger partial charge in [-0.1, -0.05) is 0 Å². The minimum atomic E-state index is -0.468. The number of carbonyl (C=O) groups is 2. The van der Waals surface area contributed by atoms with Gasteiger partial charge in [-0.3, -0.25) is 9.59 Å². The van der Waals surface area contributed by atoms with Crippen molar-refractivity contribution in [2.45, 2.75) is 45.1 Å². The Morgan fingerprint density at radius 2 is 2.00 bits per heavy atom.